The molecule has 3 heteroatoms. The maximum absolute atomic E-state index is 5.48. The molecule has 2 aromatic rings. The third-order valence-electron chi connectivity index (χ3n) is 3.30. The Morgan fingerprint density at radius 1 is 1.05 bits per heavy atom. The van der Waals surface area contributed by atoms with Gasteiger partial charge in [-0.05, 0) is 78.4 Å². The molecule has 106 valence electrons. The number of rotatable bonds is 6. The quantitative estimate of drug-likeness (QED) is 0.758. The molecule has 0 aliphatic carbocycles. The van der Waals surface area contributed by atoms with Crippen LogP contribution in [0.3, 0.4) is 0 Å². The van der Waals surface area contributed by atoms with Gasteiger partial charge in [-0.1, -0.05) is 24.3 Å². The fourth-order valence-electron chi connectivity index (χ4n) is 2.21. The molecule has 20 heavy (non-hydrogen) atoms. The molecule has 0 bridgehead atoms. The summed E-state index contributed by atoms with van der Waals surface area (Å²) in [5.41, 5.74) is 2.63. The van der Waals surface area contributed by atoms with Crippen molar-refractivity contribution < 1.29 is 4.74 Å². The van der Waals surface area contributed by atoms with Crippen LogP contribution in [0.2, 0.25) is 0 Å². The maximum Gasteiger partial charge on any atom is 0.119 e. The lowest BCUT2D eigenvalue weighted by atomic mass is 9.99. The number of nitrogens with one attached hydrogen (secondary N) is 1. The van der Waals surface area contributed by atoms with Crippen LogP contribution < -0.4 is 10.1 Å². The van der Waals surface area contributed by atoms with Crippen molar-refractivity contribution in [3.05, 3.63) is 63.2 Å². The Morgan fingerprint density at radius 3 is 2.25 bits per heavy atom. The van der Waals surface area contributed by atoms with Gasteiger partial charge in [-0.15, -0.1) is 0 Å². The monoisotopic (exact) mass is 381 g/mol. The van der Waals surface area contributed by atoms with Gasteiger partial charge in [0.15, 0.2) is 0 Å². The predicted octanol–water partition coefficient (Wildman–Crippen LogP) is 4.19. The average molecular weight is 381 g/mol. The van der Waals surface area contributed by atoms with E-state index in [1.165, 1.54) is 14.7 Å². The summed E-state index contributed by atoms with van der Waals surface area (Å²) in [4.78, 5) is 0. The number of hydrogen-bond donors (Lipinski definition) is 1. The molecular weight excluding hydrogens is 361 g/mol. The third-order valence-corrected chi connectivity index (χ3v) is 4.01. The van der Waals surface area contributed by atoms with Crippen LogP contribution in [-0.2, 0) is 6.42 Å². The molecule has 1 atom stereocenters. The molecule has 0 amide bonds. The summed E-state index contributed by atoms with van der Waals surface area (Å²) in [5, 5.41) is 3.39. The van der Waals surface area contributed by atoms with Crippen LogP contribution in [0.4, 0.5) is 0 Å². The number of likely N-dealkylation sites (N-methyl/N-ethyl adjacent to an activating group) is 1. The topological polar surface area (TPSA) is 21.3 Å². The first-order valence-electron chi connectivity index (χ1n) is 6.87. The summed E-state index contributed by atoms with van der Waals surface area (Å²) in [6.45, 7) is 2.71. The highest BCUT2D eigenvalue weighted by Gasteiger charge is 2.10. The Morgan fingerprint density at radius 2 is 1.70 bits per heavy atom. The molecule has 0 saturated carbocycles. The van der Waals surface area contributed by atoms with Gasteiger partial charge in [0.05, 0.1) is 6.61 Å². The standard InChI is InChI=1S/C17H20INO/c1-3-20-16-10-6-14(7-11-16)17(19-2)12-13-4-8-15(18)9-5-13/h4-11,17,19H,3,12H2,1-2H3. The Kier molecular flexibility index (Phi) is 5.86. The summed E-state index contributed by atoms with van der Waals surface area (Å²) in [6.07, 6.45) is 0.988. The minimum absolute atomic E-state index is 0.325. The zero-order valence-electron chi connectivity index (χ0n) is 11.9. The van der Waals surface area contributed by atoms with E-state index in [1.54, 1.807) is 0 Å². The van der Waals surface area contributed by atoms with Gasteiger partial charge in [0.25, 0.3) is 0 Å². The van der Waals surface area contributed by atoms with Crippen molar-refractivity contribution in [3.63, 3.8) is 0 Å². The van der Waals surface area contributed by atoms with Crippen LogP contribution >= 0.6 is 22.6 Å². The van der Waals surface area contributed by atoms with Gasteiger partial charge in [-0.2, -0.15) is 0 Å². The smallest absolute Gasteiger partial charge is 0.119 e. The number of hydrogen-bond acceptors (Lipinski definition) is 2. The van der Waals surface area contributed by atoms with Crippen LogP contribution in [0.25, 0.3) is 0 Å². The first-order chi connectivity index (χ1) is 9.72. The third kappa shape index (κ3) is 4.21. The molecule has 2 nitrogen and oxygen atoms in total. The Bertz CT molecular complexity index is 522. The van der Waals surface area contributed by atoms with Crippen LogP contribution in [0.1, 0.15) is 24.1 Å². The van der Waals surface area contributed by atoms with E-state index >= 15 is 0 Å². The second kappa shape index (κ2) is 7.64. The first-order valence-corrected chi connectivity index (χ1v) is 7.95. The van der Waals surface area contributed by atoms with Crippen molar-refractivity contribution in [2.45, 2.75) is 19.4 Å². The molecular formula is C17H20INO. The van der Waals surface area contributed by atoms with Crippen molar-refractivity contribution >= 4 is 22.6 Å². The lowest BCUT2D eigenvalue weighted by molar-refractivity contribution is 0.340. The molecule has 0 aliphatic heterocycles. The molecule has 0 radical (unpaired) electrons. The van der Waals surface area contributed by atoms with E-state index in [-0.39, 0.29) is 0 Å². The molecule has 1 N–H and O–H groups in total. The van der Waals surface area contributed by atoms with Crippen molar-refractivity contribution in [3.8, 4) is 5.75 Å². The van der Waals surface area contributed by atoms with Crippen LogP contribution in [0.15, 0.2) is 48.5 Å². The van der Waals surface area contributed by atoms with Crippen LogP contribution in [-0.4, -0.2) is 13.7 Å². The van der Waals surface area contributed by atoms with Gasteiger partial charge in [-0.3, -0.25) is 0 Å². The molecule has 0 fully saturated rings. The normalized spacial score (nSPS) is 12.2. The lowest BCUT2D eigenvalue weighted by Gasteiger charge is -2.17. The van der Waals surface area contributed by atoms with Gasteiger partial charge in [0.1, 0.15) is 5.75 Å². The van der Waals surface area contributed by atoms with E-state index in [0.29, 0.717) is 12.6 Å². The highest BCUT2D eigenvalue weighted by atomic mass is 127. The fraction of sp³-hybridized carbons (Fsp3) is 0.294. The second-order valence-electron chi connectivity index (χ2n) is 4.67. The number of ether oxygens (including phenoxy) is 1. The van der Waals surface area contributed by atoms with E-state index in [1.807, 2.05) is 26.1 Å². The minimum Gasteiger partial charge on any atom is -0.494 e. The minimum atomic E-state index is 0.325. The molecule has 0 saturated heterocycles. The lowest BCUT2D eigenvalue weighted by Crippen LogP contribution is -2.18. The Hall–Kier alpha value is -1.07. The average Bonchev–Trinajstić information content (AvgIpc) is 2.48. The SMILES string of the molecule is CCOc1ccc(C(Cc2ccc(I)cc2)NC)cc1. The van der Waals surface area contributed by atoms with Crippen LogP contribution in [0.5, 0.6) is 5.75 Å². The summed E-state index contributed by atoms with van der Waals surface area (Å²) < 4.78 is 6.76. The number of benzene rings is 2. The van der Waals surface area contributed by atoms with Crippen molar-refractivity contribution in [1.29, 1.82) is 0 Å². The van der Waals surface area contributed by atoms with E-state index in [9.17, 15) is 0 Å². The van der Waals surface area contributed by atoms with E-state index in [0.717, 1.165) is 12.2 Å². The molecule has 2 aromatic carbocycles. The van der Waals surface area contributed by atoms with Gasteiger partial charge >= 0.3 is 0 Å². The van der Waals surface area contributed by atoms with Gasteiger partial charge in [0.2, 0.25) is 0 Å². The van der Waals surface area contributed by atoms with Crippen molar-refractivity contribution in [2.75, 3.05) is 13.7 Å². The predicted molar refractivity (Wildman–Crippen MR) is 92.3 cm³/mol. The fourth-order valence-corrected chi connectivity index (χ4v) is 2.57. The van der Waals surface area contributed by atoms with Crippen molar-refractivity contribution in [1.82, 2.24) is 5.32 Å². The highest BCUT2D eigenvalue weighted by Crippen LogP contribution is 2.21. The van der Waals surface area contributed by atoms with E-state index in [2.05, 4.69) is 64.3 Å². The summed E-state index contributed by atoms with van der Waals surface area (Å²) >= 11 is 2.33. The molecule has 0 aliphatic rings. The zero-order valence-corrected chi connectivity index (χ0v) is 14.1. The zero-order chi connectivity index (χ0) is 14.4. The summed E-state index contributed by atoms with van der Waals surface area (Å²) in [5.74, 6) is 0.931. The van der Waals surface area contributed by atoms with Crippen LogP contribution in [0, 0.1) is 3.57 Å². The Labute approximate surface area is 134 Å². The molecule has 0 heterocycles. The van der Waals surface area contributed by atoms with Gasteiger partial charge in [0, 0.05) is 9.61 Å². The van der Waals surface area contributed by atoms with Gasteiger partial charge < -0.3 is 10.1 Å². The van der Waals surface area contributed by atoms with E-state index < -0.39 is 0 Å². The largest absolute Gasteiger partial charge is 0.494 e. The highest BCUT2D eigenvalue weighted by molar-refractivity contribution is 14.1. The second-order valence-corrected chi connectivity index (χ2v) is 5.92. The molecule has 2 rings (SSSR count). The number of halogens is 1. The summed E-state index contributed by atoms with van der Waals surface area (Å²) in [7, 11) is 2.01. The molecule has 0 spiro atoms. The first kappa shape index (κ1) is 15.3. The van der Waals surface area contributed by atoms with Gasteiger partial charge in [-0.25, -0.2) is 0 Å². The van der Waals surface area contributed by atoms with Crippen molar-refractivity contribution in [2.24, 2.45) is 0 Å². The Balaban J connectivity index is 2.09. The summed E-state index contributed by atoms with van der Waals surface area (Å²) in [6, 6.07) is 17.4. The maximum atomic E-state index is 5.48. The molecule has 0 aromatic heterocycles. The molecule has 1 unspecified atom stereocenters. The van der Waals surface area contributed by atoms with E-state index in [4.69, 9.17) is 4.74 Å².